The zero-order chi connectivity index (χ0) is 22.1. The quantitative estimate of drug-likeness (QED) is 0.189. The fraction of sp³-hybridized carbons (Fsp3) is 0.583. The molecule has 2 rings (SSSR count). The van der Waals surface area contributed by atoms with Gasteiger partial charge in [0.1, 0.15) is 5.76 Å². The monoisotopic (exact) mass is 443 g/mol. The molecule has 1 fully saturated rings. The van der Waals surface area contributed by atoms with Crippen LogP contribution in [0.25, 0.3) is 0 Å². The van der Waals surface area contributed by atoms with E-state index in [1.165, 1.54) is 0 Å². The molecule has 0 amide bonds. The molecular formula is C12H25N7O7S2. The van der Waals surface area contributed by atoms with Crippen LogP contribution in [0.5, 0.6) is 0 Å². The van der Waals surface area contributed by atoms with Crippen LogP contribution < -0.4 is 11.5 Å². The topological polar surface area (TPSA) is 230 Å². The highest BCUT2D eigenvalue weighted by molar-refractivity contribution is 7.85. The number of aliphatic imine (C=N–C) groups is 1. The zero-order valence-electron chi connectivity index (χ0n) is 15.6. The van der Waals surface area contributed by atoms with Crippen molar-refractivity contribution in [3.8, 4) is 0 Å². The molecule has 16 heteroatoms. The summed E-state index contributed by atoms with van der Waals surface area (Å²) in [5.41, 5.74) is 11.3. The maximum Gasteiger partial charge on any atom is 0.261 e. The van der Waals surface area contributed by atoms with Gasteiger partial charge in [0.15, 0.2) is 17.7 Å². The van der Waals surface area contributed by atoms with Gasteiger partial charge in [0.2, 0.25) is 0 Å². The van der Waals surface area contributed by atoms with E-state index in [9.17, 15) is 16.8 Å². The first-order valence-electron chi connectivity index (χ1n) is 7.52. The van der Waals surface area contributed by atoms with E-state index in [0.29, 0.717) is 56.2 Å². The Hall–Kier alpha value is -2.43. The van der Waals surface area contributed by atoms with Gasteiger partial charge >= 0.3 is 0 Å². The van der Waals surface area contributed by atoms with E-state index in [4.69, 9.17) is 30.5 Å². The maximum atomic E-state index is 9.19. The predicted octanol–water partition coefficient (Wildman–Crippen LogP) is -1.55. The predicted molar refractivity (Wildman–Crippen MR) is 103 cm³/mol. The van der Waals surface area contributed by atoms with Gasteiger partial charge in [-0.2, -0.15) is 21.8 Å². The van der Waals surface area contributed by atoms with E-state index < -0.39 is 20.2 Å². The second-order valence-electron chi connectivity index (χ2n) is 5.59. The molecule has 0 radical (unpaired) electrons. The smallest absolute Gasteiger partial charge is 0.261 e. The molecule has 0 saturated carbocycles. The average molecular weight is 444 g/mol. The van der Waals surface area contributed by atoms with Crippen LogP contribution in [0.3, 0.4) is 0 Å². The highest BCUT2D eigenvalue weighted by Gasteiger charge is 2.19. The Morgan fingerprint density at radius 2 is 1.50 bits per heavy atom. The van der Waals surface area contributed by atoms with Crippen molar-refractivity contribution >= 4 is 38.0 Å². The molecule has 28 heavy (non-hydrogen) atoms. The zero-order valence-corrected chi connectivity index (χ0v) is 17.2. The molecule has 0 unspecified atom stereocenters. The number of aromatic nitrogens is 1. The van der Waals surface area contributed by atoms with Crippen molar-refractivity contribution in [1.29, 1.82) is 5.41 Å². The third-order valence-electron chi connectivity index (χ3n) is 2.79. The summed E-state index contributed by atoms with van der Waals surface area (Å²) in [5, 5.41) is 11.1. The van der Waals surface area contributed by atoms with Gasteiger partial charge in [0.25, 0.3) is 20.2 Å². The minimum Gasteiger partial charge on any atom is -0.370 e. The van der Waals surface area contributed by atoms with Gasteiger partial charge in [-0.3, -0.25) is 14.5 Å². The summed E-state index contributed by atoms with van der Waals surface area (Å²) in [4.78, 5) is 7.92. The number of nitrogens with one attached hydrogen (secondary N) is 1. The Morgan fingerprint density at radius 3 is 1.82 bits per heavy atom. The van der Waals surface area contributed by atoms with Crippen molar-refractivity contribution in [3.63, 3.8) is 0 Å². The van der Waals surface area contributed by atoms with E-state index in [1.54, 1.807) is 17.9 Å². The number of aryl methyl sites for hydroxylation is 1. The summed E-state index contributed by atoms with van der Waals surface area (Å²) in [6, 6.07) is 1.72. The summed E-state index contributed by atoms with van der Waals surface area (Å²) in [6.07, 6.45) is 1.43. The average Bonchev–Trinajstić information content (AvgIpc) is 2.89. The Bertz CT molecular complexity index is 826. The first-order valence-corrected chi connectivity index (χ1v) is 11.2. The molecule has 14 nitrogen and oxygen atoms in total. The second kappa shape index (κ2) is 10.8. The third kappa shape index (κ3) is 14.7. The Morgan fingerprint density at radius 1 is 1.11 bits per heavy atom. The van der Waals surface area contributed by atoms with Crippen molar-refractivity contribution in [2.24, 2.45) is 16.5 Å². The summed E-state index contributed by atoms with van der Waals surface area (Å²) in [7, 11) is -7.33. The lowest BCUT2D eigenvalue weighted by molar-refractivity contribution is 0.254. The minimum absolute atomic E-state index is 0.0947. The number of nitrogens with two attached hydrogens (primary N) is 2. The minimum atomic E-state index is -3.67. The van der Waals surface area contributed by atoms with Gasteiger partial charge in [-0.15, -0.1) is 0 Å². The summed E-state index contributed by atoms with van der Waals surface area (Å²) >= 11 is 0. The number of rotatable bonds is 1. The normalized spacial score (nSPS) is 15.1. The molecular weight excluding hydrogens is 418 g/mol. The largest absolute Gasteiger partial charge is 0.370 e. The van der Waals surface area contributed by atoms with Crippen LogP contribution >= 0.6 is 0 Å². The molecule has 0 aromatic carbocycles. The number of guanidine groups is 2. The Labute approximate surface area is 163 Å². The lowest BCUT2D eigenvalue weighted by Gasteiger charge is -2.35. The standard InChI is InChI=1S/C10H17N7O.2CH4O3S/c1-7-6-8(15-18-7)14-10(13)17-4-2-16(3-5-17)9(11)12;2*1-5(2,3)4/h6H,2-5H2,1H3,(H3,11,12)(H2,13,14,15);2*1H3,(H,2,3,4). The maximum absolute atomic E-state index is 9.19. The van der Waals surface area contributed by atoms with E-state index in [-0.39, 0.29) is 5.96 Å². The summed E-state index contributed by atoms with van der Waals surface area (Å²) < 4.78 is 56.7. The SMILES string of the molecule is CS(=O)(=O)O.CS(=O)(=O)O.Cc1cc(N=C(N)N2CCN(C(=N)N)CC2)no1. The van der Waals surface area contributed by atoms with Crippen LogP contribution in [0.1, 0.15) is 5.76 Å². The second-order valence-corrected chi connectivity index (χ2v) is 8.52. The number of nitrogens with zero attached hydrogens (tertiary/aromatic N) is 4. The molecule has 162 valence electrons. The van der Waals surface area contributed by atoms with Gasteiger partial charge in [-0.25, -0.2) is 0 Å². The number of hydrogen-bond donors (Lipinski definition) is 5. The highest BCUT2D eigenvalue weighted by atomic mass is 32.2. The van der Waals surface area contributed by atoms with E-state index in [2.05, 4.69) is 10.1 Å². The molecule has 1 aromatic rings. The first kappa shape index (κ1) is 25.6. The summed E-state index contributed by atoms with van der Waals surface area (Å²) in [5.74, 6) is 1.67. The van der Waals surface area contributed by atoms with Crippen molar-refractivity contribution < 1.29 is 30.5 Å². The molecule has 0 bridgehead atoms. The van der Waals surface area contributed by atoms with Crippen LogP contribution in [0.4, 0.5) is 5.82 Å². The molecule has 0 aliphatic carbocycles. The van der Waals surface area contributed by atoms with Crippen LogP contribution in [-0.4, -0.2) is 91.5 Å². The van der Waals surface area contributed by atoms with Crippen molar-refractivity contribution in [1.82, 2.24) is 15.0 Å². The Kier molecular flexibility index (Phi) is 9.85. The molecule has 1 aliphatic rings. The lowest BCUT2D eigenvalue weighted by atomic mass is 10.3. The van der Waals surface area contributed by atoms with Crippen LogP contribution in [0.2, 0.25) is 0 Å². The molecule has 1 aliphatic heterocycles. The fourth-order valence-corrected chi connectivity index (χ4v) is 1.77. The van der Waals surface area contributed by atoms with Gasteiger partial charge < -0.3 is 25.8 Å². The van der Waals surface area contributed by atoms with Crippen molar-refractivity contribution in [3.05, 3.63) is 11.8 Å². The summed E-state index contributed by atoms with van der Waals surface area (Å²) in [6.45, 7) is 4.51. The molecule has 0 spiro atoms. The van der Waals surface area contributed by atoms with Gasteiger partial charge in [-0.05, 0) is 6.92 Å². The van der Waals surface area contributed by atoms with Crippen molar-refractivity contribution in [2.45, 2.75) is 6.92 Å². The van der Waals surface area contributed by atoms with Gasteiger partial charge in [-0.1, -0.05) is 5.16 Å². The van der Waals surface area contributed by atoms with E-state index in [0.717, 1.165) is 0 Å². The molecule has 2 heterocycles. The molecule has 1 saturated heterocycles. The Balaban J connectivity index is 0.000000607. The van der Waals surface area contributed by atoms with Gasteiger partial charge in [0.05, 0.1) is 12.5 Å². The van der Waals surface area contributed by atoms with Gasteiger partial charge in [0, 0.05) is 32.2 Å². The van der Waals surface area contributed by atoms with Crippen molar-refractivity contribution in [2.75, 3.05) is 38.7 Å². The molecule has 7 N–H and O–H groups in total. The number of piperazine rings is 1. The third-order valence-corrected chi connectivity index (χ3v) is 2.79. The van der Waals surface area contributed by atoms with Crippen LogP contribution in [0, 0.1) is 12.3 Å². The molecule has 0 atom stereocenters. The van der Waals surface area contributed by atoms with Crippen LogP contribution in [0.15, 0.2) is 15.6 Å². The fourth-order valence-electron chi connectivity index (χ4n) is 1.77. The van der Waals surface area contributed by atoms with E-state index >= 15 is 0 Å². The van der Waals surface area contributed by atoms with Crippen LogP contribution in [-0.2, 0) is 20.2 Å². The molecule has 1 aromatic heterocycles. The lowest BCUT2D eigenvalue weighted by Crippen LogP contribution is -2.54. The highest BCUT2D eigenvalue weighted by Crippen LogP contribution is 2.11. The van der Waals surface area contributed by atoms with E-state index in [1.807, 2.05) is 4.90 Å². The number of hydrogen-bond acceptors (Lipinski definition) is 8. The first-order chi connectivity index (χ1) is 12.6.